The molecule has 16 heteroatoms. The van der Waals surface area contributed by atoms with Gasteiger partial charge in [-0.05, 0) is 71.8 Å². The Morgan fingerprint density at radius 2 is 1.73 bits per heavy atom. The SMILES string of the molecule is CC(C)(C)OC(=O)NC1CCCCCC=CCCC(C(=O)NS(=O)(=O)C2CC2)NC(=O)C2CC(OC(=O)N3CC4C=CC=C(F)C4C3)CN2C1=O. The second kappa shape index (κ2) is 16.2. The molecule has 0 radical (unpaired) electrons. The van der Waals surface area contributed by atoms with Crippen molar-refractivity contribution in [2.75, 3.05) is 19.6 Å². The highest BCUT2D eigenvalue weighted by Gasteiger charge is 2.46. The molecule has 51 heavy (non-hydrogen) atoms. The van der Waals surface area contributed by atoms with Gasteiger partial charge in [-0.15, -0.1) is 0 Å². The van der Waals surface area contributed by atoms with E-state index < -0.39 is 80.9 Å². The summed E-state index contributed by atoms with van der Waals surface area (Å²) in [6.07, 6.45) is 10.6. The van der Waals surface area contributed by atoms with Gasteiger partial charge < -0.3 is 29.9 Å². The highest BCUT2D eigenvalue weighted by Crippen LogP contribution is 2.35. The first-order chi connectivity index (χ1) is 24.1. The van der Waals surface area contributed by atoms with Crippen LogP contribution in [-0.2, 0) is 33.9 Å². The fourth-order valence-electron chi connectivity index (χ4n) is 6.87. The lowest BCUT2D eigenvalue weighted by atomic mass is 9.91. The van der Waals surface area contributed by atoms with Crippen LogP contribution in [0.5, 0.6) is 0 Å². The summed E-state index contributed by atoms with van der Waals surface area (Å²) in [4.78, 5) is 70.4. The van der Waals surface area contributed by atoms with E-state index in [0.29, 0.717) is 25.7 Å². The van der Waals surface area contributed by atoms with E-state index >= 15 is 0 Å². The van der Waals surface area contributed by atoms with E-state index in [2.05, 4.69) is 15.4 Å². The second-order valence-corrected chi connectivity index (χ2v) is 17.0. The number of likely N-dealkylation sites (tertiary alicyclic amines) is 1. The molecule has 5 amide bonds. The molecule has 2 aliphatic carbocycles. The maximum absolute atomic E-state index is 14.4. The average molecular weight is 736 g/mol. The van der Waals surface area contributed by atoms with Gasteiger partial charge in [0, 0.05) is 31.3 Å². The van der Waals surface area contributed by atoms with Gasteiger partial charge in [0.1, 0.15) is 35.7 Å². The molecular weight excluding hydrogens is 685 g/mol. The lowest BCUT2D eigenvalue weighted by Gasteiger charge is -2.30. The summed E-state index contributed by atoms with van der Waals surface area (Å²) in [5.74, 6) is -3.18. The molecule has 0 aromatic carbocycles. The predicted octanol–water partition coefficient (Wildman–Crippen LogP) is 3.35. The fraction of sp³-hybridized carbons (Fsp3) is 0.686. The van der Waals surface area contributed by atoms with Crippen molar-refractivity contribution in [1.82, 2.24) is 25.2 Å². The molecule has 6 unspecified atom stereocenters. The van der Waals surface area contributed by atoms with Gasteiger partial charge in [-0.2, -0.15) is 0 Å². The number of sulfonamides is 1. The summed E-state index contributed by atoms with van der Waals surface area (Å²) in [5, 5.41) is 4.68. The summed E-state index contributed by atoms with van der Waals surface area (Å²) < 4.78 is 53.0. The summed E-state index contributed by atoms with van der Waals surface area (Å²) in [7, 11) is -3.90. The Labute approximate surface area is 298 Å². The first-order valence-corrected chi connectivity index (χ1v) is 19.5. The molecule has 3 fully saturated rings. The van der Waals surface area contributed by atoms with Gasteiger partial charge in [0.25, 0.3) is 5.91 Å². The standard InChI is InChI=1S/C35H50FN5O9S/c1-35(2,3)50-33(45)38-28-15-10-8-6-4-5-7-9-14-27(30(42)39-51(47,48)24-16-17-24)37-31(43)29-18-23(20-41(29)32(28)44)49-34(46)40-19-22-12-11-13-26(36)25(22)21-40/h5,7,11-13,22-25,27-29H,4,6,8-10,14-21H2,1-3H3,(H,37,43)(H,38,45)(H,39,42). The molecule has 2 saturated heterocycles. The molecule has 0 aromatic heterocycles. The Morgan fingerprint density at radius 3 is 2.43 bits per heavy atom. The molecule has 3 aliphatic heterocycles. The zero-order valence-electron chi connectivity index (χ0n) is 29.5. The van der Waals surface area contributed by atoms with Crippen LogP contribution >= 0.6 is 0 Å². The molecule has 5 aliphatic rings. The van der Waals surface area contributed by atoms with Gasteiger partial charge in [-0.3, -0.25) is 19.1 Å². The number of fused-ring (bicyclic) bond motifs is 2. The Bertz CT molecular complexity index is 1550. The van der Waals surface area contributed by atoms with Gasteiger partial charge >= 0.3 is 12.2 Å². The normalized spacial score (nSPS) is 29.4. The van der Waals surface area contributed by atoms with Gasteiger partial charge in [-0.1, -0.05) is 37.1 Å². The molecule has 14 nitrogen and oxygen atoms in total. The molecule has 3 N–H and O–H groups in total. The van der Waals surface area contributed by atoms with Gasteiger partial charge in [0.15, 0.2) is 0 Å². The average Bonchev–Trinajstić information content (AvgIpc) is 3.69. The van der Waals surface area contributed by atoms with Gasteiger partial charge in [0.2, 0.25) is 21.8 Å². The van der Waals surface area contributed by atoms with Crippen LogP contribution in [-0.4, -0.2) is 103 Å². The minimum absolute atomic E-state index is 0.104. The van der Waals surface area contributed by atoms with E-state index in [-0.39, 0.29) is 50.6 Å². The van der Waals surface area contributed by atoms with Crippen molar-refractivity contribution in [3.05, 3.63) is 36.2 Å². The first-order valence-electron chi connectivity index (χ1n) is 17.9. The second-order valence-electron chi connectivity index (χ2n) is 15.0. The number of rotatable bonds is 5. The summed E-state index contributed by atoms with van der Waals surface area (Å²) in [6, 6.07) is -3.53. The lowest BCUT2D eigenvalue weighted by molar-refractivity contribution is -0.141. The number of nitrogens with one attached hydrogen (secondary N) is 3. The number of carbonyl (C=O) groups excluding carboxylic acids is 5. The quantitative estimate of drug-likeness (QED) is 0.357. The van der Waals surface area contributed by atoms with Crippen LogP contribution in [0.3, 0.4) is 0 Å². The number of carbonyl (C=O) groups is 5. The minimum atomic E-state index is -3.90. The third-order valence-electron chi connectivity index (χ3n) is 9.69. The number of hydrogen-bond donors (Lipinski definition) is 3. The third kappa shape index (κ3) is 10.3. The zero-order valence-corrected chi connectivity index (χ0v) is 30.3. The molecule has 5 rings (SSSR count). The van der Waals surface area contributed by atoms with E-state index in [0.717, 1.165) is 19.3 Å². The number of hydrogen-bond acceptors (Lipinski definition) is 9. The minimum Gasteiger partial charge on any atom is -0.444 e. The van der Waals surface area contributed by atoms with Crippen LogP contribution < -0.4 is 15.4 Å². The van der Waals surface area contributed by atoms with E-state index in [1.54, 1.807) is 26.8 Å². The Morgan fingerprint density at radius 1 is 0.980 bits per heavy atom. The van der Waals surface area contributed by atoms with Crippen LogP contribution in [0.1, 0.15) is 85.0 Å². The van der Waals surface area contributed by atoms with Crippen LogP contribution in [0.25, 0.3) is 0 Å². The van der Waals surface area contributed by atoms with E-state index in [4.69, 9.17) is 9.47 Å². The molecule has 0 aromatic rings. The lowest BCUT2D eigenvalue weighted by Crippen LogP contribution is -2.57. The largest absolute Gasteiger partial charge is 0.444 e. The van der Waals surface area contributed by atoms with Crippen molar-refractivity contribution in [1.29, 1.82) is 0 Å². The van der Waals surface area contributed by atoms with Crippen molar-refractivity contribution in [3.63, 3.8) is 0 Å². The van der Waals surface area contributed by atoms with Crippen molar-refractivity contribution in [3.8, 4) is 0 Å². The van der Waals surface area contributed by atoms with Crippen molar-refractivity contribution >= 4 is 39.9 Å². The molecular formula is C35H50FN5O9S. The van der Waals surface area contributed by atoms with Gasteiger partial charge in [0.05, 0.1) is 11.8 Å². The van der Waals surface area contributed by atoms with Crippen molar-refractivity contribution < 1.29 is 46.3 Å². The maximum Gasteiger partial charge on any atom is 0.410 e. The van der Waals surface area contributed by atoms with Crippen molar-refractivity contribution in [2.24, 2.45) is 11.8 Å². The number of allylic oxidation sites excluding steroid dienone is 4. The molecule has 0 bridgehead atoms. The maximum atomic E-state index is 14.4. The highest BCUT2D eigenvalue weighted by molar-refractivity contribution is 7.90. The van der Waals surface area contributed by atoms with E-state index in [1.165, 1.54) is 15.9 Å². The van der Waals surface area contributed by atoms with Crippen LogP contribution in [0.2, 0.25) is 0 Å². The molecule has 3 heterocycles. The summed E-state index contributed by atoms with van der Waals surface area (Å²) in [5.41, 5.74) is -0.836. The van der Waals surface area contributed by atoms with E-state index in [1.807, 2.05) is 18.2 Å². The summed E-state index contributed by atoms with van der Waals surface area (Å²) >= 11 is 0. The Hall–Kier alpha value is -3.95. The zero-order chi connectivity index (χ0) is 36.9. The van der Waals surface area contributed by atoms with E-state index in [9.17, 15) is 36.8 Å². The third-order valence-corrected chi connectivity index (χ3v) is 11.5. The van der Waals surface area contributed by atoms with Crippen LogP contribution in [0.15, 0.2) is 36.2 Å². The highest BCUT2D eigenvalue weighted by atomic mass is 32.2. The Balaban J connectivity index is 1.37. The summed E-state index contributed by atoms with van der Waals surface area (Å²) in [6.45, 7) is 5.27. The number of ether oxygens (including phenoxy) is 2. The monoisotopic (exact) mass is 735 g/mol. The molecule has 6 atom stereocenters. The predicted molar refractivity (Wildman–Crippen MR) is 184 cm³/mol. The first kappa shape index (κ1) is 38.3. The molecule has 1 saturated carbocycles. The smallest absolute Gasteiger partial charge is 0.410 e. The van der Waals surface area contributed by atoms with Crippen molar-refractivity contribution in [2.45, 2.75) is 120 Å². The number of nitrogens with zero attached hydrogens (tertiary/aromatic N) is 2. The number of amides is 5. The van der Waals surface area contributed by atoms with Gasteiger partial charge in [-0.25, -0.2) is 22.4 Å². The number of alkyl carbamates (subject to hydrolysis) is 1. The topological polar surface area (TPSA) is 181 Å². The molecule has 282 valence electrons. The van der Waals surface area contributed by atoms with Crippen LogP contribution in [0.4, 0.5) is 14.0 Å². The number of halogens is 1. The van der Waals surface area contributed by atoms with Crippen LogP contribution in [0, 0.1) is 11.8 Å². The molecule has 0 spiro atoms. The Kier molecular flexibility index (Phi) is 12.1. The fourth-order valence-corrected chi connectivity index (χ4v) is 8.22.